The highest BCUT2D eigenvalue weighted by atomic mass is 16.6. The molecule has 0 fully saturated rings. The fraction of sp³-hybridized carbons (Fsp3) is 0.333. The number of nitrogens with zero attached hydrogens (tertiary/aromatic N) is 1. The monoisotopic (exact) mass is 387 g/mol. The fourth-order valence-corrected chi connectivity index (χ4v) is 2.74. The zero-order chi connectivity index (χ0) is 20.7. The second-order valence-electron chi connectivity index (χ2n) is 6.54. The second-order valence-corrected chi connectivity index (χ2v) is 6.54. The minimum Gasteiger partial charge on any atom is -0.493 e. The first-order chi connectivity index (χ1) is 13.3. The van der Waals surface area contributed by atoms with Gasteiger partial charge in [-0.1, -0.05) is 36.4 Å². The standard InChI is InChI=1S/C21H25NO6/c1-21(19(23)24,13-16-10-11-17(26-3)18(12-16)27-4)22(2)20(25)28-14-15-8-6-5-7-9-15/h5-12H,13-14H2,1-4H3,(H,23,24). The van der Waals surface area contributed by atoms with E-state index in [0.29, 0.717) is 17.1 Å². The third-order valence-electron chi connectivity index (χ3n) is 4.68. The van der Waals surface area contributed by atoms with Crippen molar-refractivity contribution in [3.63, 3.8) is 0 Å². The first kappa shape index (κ1) is 21.1. The molecule has 2 aromatic rings. The average molecular weight is 387 g/mol. The molecule has 0 saturated heterocycles. The van der Waals surface area contributed by atoms with Gasteiger partial charge in [0.05, 0.1) is 14.2 Å². The van der Waals surface area contributed by atoms with Gasteiger partial charge in [0.2, 0.25) is 0 Å². The highest BCUT2D eigenvalue weighted by Gasteiger charge is 2.41. The molecule has 1 amide bonds. The minimum atomic E-state index is -1.51. The zero-order valence-electron chi connectivity index (χ0n) is 16.5. The van der Waals surface area contributed by atoms with E-state index < -0.39 is 17.6 Å². The van der Waals surface area contributed by atoms with Crippen molar-refractivity contribution in [2.24, 2.45) is 0 Å². The van der Waals surface area contributed by atoms with Crippen LogP contribution in [0.25, 0.3) is 0 Å². The molecule has 0 aromatic heterocycles. The van der Waals surface area contributed by atoms with Crippen LogP contribution in [0.3, 0.4) is 0 Å². The van der Waals surface area contributed by atoms with Gasteiger partial charge in [0.25, 0.3) is 0 Å². The largest absolute Gasteiger partial charge is 0.493 e. The van der Waals surface area contributed by atoms with E-state index >= 15 is 0 Å². The number of benzene rings is 2. The van der Waals surface area contributed by atoms with Gasteiger partial charge in [0, 0.05) is 13.5 Å². The van der Waals surface area contributed by atoms with Crippen molar-refractivity contribution in [2.45, 2.75) is 25.5 Å². The Kier molecular flexibility index (Phi) is 6.87. The topological polar surface area (TPSA) is 85.3 Å². The Morgan fingerprint density at radius 3 is 2.21 bits per heavy atom. The van der Waals surface area contributed by atoms with Crippen LogP contribution >= 0.6 is 0 Å². The van der Waals surface area contributed by atoms with Crippen molar-refractivity contribution < 1.29 is 28.9 Å². The lowest BCUT2D eigenvalue weighted by molar-refractivity contribution is -0.148. The van der Waals surface area contributed by atoms with Gasteiger partial charge in [-0.3, -0.25) is 4.90 Å². The van der Waals surface area contributed by atoms with Crippen LogP contribution in [0.1, 0.15) is 18.1 Å². The molecule has 0 saturated carbocycles. The van der Waals surface area contributed by atoms with E-state index in [1.807, 2.05) is 30.3 Å². The summed E-state index contributed by atoms with van der Waals surface area (Å²) in [5, 5.41) is 9.82. The lowest BCUT2D eigenvalue weighted by atomic mass is 9.91. The number of carbonyl (C=O) groups is 2. The Labute approximate surface area is 164 Å². The van der Waals surface area contributed by atoms with Crippen molar-refractivity contribution in [1.29, 1.82) is 0 Å². The van der Waals surface area contributed by atoms with Crippen LogP contribution < -0.4 is 9.47 Å². The van der Waals surface area contributed by atoms with Crippen LogP contribution in [0, 0.1) is 0 Å². The van der Waals surface area contributed by atoms with Crippen LogP contribution in [-0.4, -0.2) is 48.9 Å². The maximum absolute atomic E-state index is 12.5. The highest BCUT2D eigenvalue weighted by molar-refractivity contribution is 5.84. The van der Waals surface area contributed by atoms with Crippen molar-refractivity contribution in [2.75, 3.05) is 21.3 Å². The molecule has 1 N–H and O–H groups in total. The van der Waals surface area contributed by atoms with Crippen LogP contribution in [0.4, 0.5) is 4.79 Å². The van der Waals surface area contributed by atoms with Crippen molar-refractivity contribution in [3.8, 4) is 11.5 Å². The van der Waals surface area contributed by atoms with E-state index in [4.69, 9.17) is 14.2 Å². The molecule has 2 aromatic carbocycles. The second kappa shape index (κ2) is 9.12. The van der Waals surface area contributed by atoms with Gasteiger partial charge >= 0.3 is 12.1 Å². The molecule has 7 heteroatoms. The number of methoxy groups -OCH3 is 2. The molecule has 150 valence electrons. The summed E-state index contributed by atoms with van der Waals surface area (Å²) in [4.78, 5) is 25.6. The maximum Gasteiger partial charge on any atom is 0.410 e. The number of aliphatic carboxylic acids is 1. The van der Waals surface area contributed by atoms with Gasteiger partial charge in [0.1, 0.15) is 12.1 Å². The first-order valence-corrected chi connectivity index (χ1v) is 8.70. The summed E-state index contributed by atoms with van der Waals surface area (Å²) in [6.07, 6.45) is -0.645. The van der Waals surface area contributed by atoms with Crippen LogP contribution in [-0.2, 0) is 22.6 Å². The van der Waals surface area contributed by atoms with Gasteiger partial charge in [0.15, 0.2) is 11.5 Å². The number of carboxylic acid groups (broad SMARTS) is 1. The lowest BCUT2D eigenvalue weighted by Crippen LogP contribution is -2.54. The molecule has 28 heavy (non-hydrogen) atoms. The number of likely N-dealkylation sites (N-methyl/N-ethyl adjacent to an activating group) is 1. The molecule has 0 aliphatic heterocycles. The highest BCUT2D eigenvalue weighted by Crippen LogP contribution is 2.30. The minimum absolute atomic E-state index is 0.0655. The van der Waals surface area contributed by atoms with E-state index in [2.05, 4.69) is 0 Å². The summed E-state index contributed by atoms with van der Waals surface area (Å²) in [5.74, 6) is -0.109. The number of hydrogen-bond acceptors (Lipinski definition) is 5. The molecule has 2 rings (SSSR count). The Bertz CT molecular complexity index is 823. The summed E-state index contributed by atoms with van der Waals surface area (Å²) in [7, 11) is 4.45. The normalized spacial score (nSPS) is 12.6. The number of carboxylic acids is 1. The quantitative estimate of drug-likeness (QED) is 0.748. The molecule has 0 spiro atoms. The third-order valence-corrected chi connectivity index (χ3v) is 4.68. The number of rotatable bonds is 8. The van der Waals surface area contributed by atoms with E-state index in [9.17, 15) is 14.7 Å². The maximum atomic E-state index is 12.5. The fourth-order valence-electron chi connectivity index (χ4n) is 2.74. The average Bonchev–Trinajstić information content (AvgIpc) is 2.71. The summed E-state index contributed by atoms with van der Waals surface area (Å²) >= 11 is 0. The number of amides is 1. The Morgan fingerprint density at radius 1 is 1.00 bits per heavy atom. The van der Waals surface area contributed by atoms with Crippen LogP contribution in [0.15, 0.2) is 48.5 Å². The number of hydrogen-bond donors (Lipinski definition) is 1. The van der Waals surface area contributed by atoms with E-state index in [0.717, 1.165) is 10.5 Å². The molecule has 0 aliphatic carbocycles. The van der Waals surface area contributed by atoms with Crippen molar-refractivity contribution >= 4 is 12.1 Å². The van der Waals surface area contributed by atoms with E-state index in [-0.39, 0.29) is 13.0 Å². The van der Waals surface area contributed by atoms with Gasteiger partial charge in [-0.15, -0.1) is 0 Å². The molecule has 0 heterocycles. The van der Waals surface area contributed by atoms with Gasteiger partial charge in [-0.05, 0) is 30.2 Å². The van der Waals surface area contributed by atoms with Gasteiger partial charge in [-0.2, -0.15) is 0 Å². The third kappa shape index (κ3) is 4.73. The van der Waals surface area contributed by atoms with E-state index in [1.165, 1.54) is 28.2 Å². The lowest BCUT2D eigenvalue weighted by Gasteiger charge is -2.34. The molecule has 1 unspecified atom stereocenters. The van der Waals surface area contributed by atoms with Crippen LogP contribution in [0.5, 0.6) is 11.5 Å². The molecule has 1 atom stereocenters. The van der Waals surface area contributed by atoms with E-state index in [1.54, 1.807) is 18.2 Å². The first-order valence-electron chi connectivity index (χ1n) is 8.70. The predicted octanol–water partition coefficient (Wildman–Crippen LogP) is 3.36. The molecule has 0 bridgehead atoms. The van der Waals surface area contributed by atoms with Gasteiger partial charge in [-0.25, -0.2) is 9.59 Å². The summed E-state index contributed by atoms with van der Waals surface area (Å²) < 4.78 is 15.8. The zero-order valence-corrected chi connectivity index (χ0v) is 16.5. The van der Waals surface area contributed by atoms with Crippen LogP contribution in [0.2, 0.25) is 0 Å². The predicted molar refractivity (Wildman–Crippen MR) is 104 cm³/mol. The van der Waals surface area contributed by atoms with Gasteiger partial charge < -0.3 is 19.3 Å². The molecular weight excluding hydrogens is 362 g/mol. The SMILES string of the molecule is COc1ccc(CC(C)(C(=O)O)N(C)C(=O)OCc2ccccc2)cc1OC. The molecule has 0 radical (unpaired) electrons. The number of ether oxygens (including phenoxy) is 3. The summed E-state index contributed by atoms with van der Waals surface area (Å²) in [6, 6.07) is 14.3. The Morgan fingerprint density at radius 2 is 1.64 bits per heavy atom. The summed E-state index contributed by atoms with van der Waals surface area (Å²) in [5.41, 5.74) is -0.000624. The number of carbonyl (C=O) groups excluding carboxylic acids is 1. The Balaban J connectivity index is 2.17. The molecular formula is C21H25NO6. The Hall–Kier alpha value is -3.22. The summed E-state index contributed by atoms with van der Waals surface area (Å²) in [6.45, 7) is 1.55. The molecule has 7 nitrogen and oxygen atoms in total. The smallest absolute Gasteiger partial charge is 0.410 e. The van der Waals surface area contributed by atoms with Crippen molar-refractivity contribution in [1.82, 2.24) is 4.90 Å². The van der Waals surface area contributed by atoms with Crippen molar-refractivity contribution in [3.05, 3.63) is 59.7 Å². The molecule has 0 aliphatic rings.